The van der Waals surface area contributed by atoms with Gasteiger partial charge in [-0.3, -0.25) is 14.5 Å². The van der Waals surface area contributed by atoms with Crippen molar-refractivity contribution in [3.63, 3.8) is 0 Å². The quantitative estimate of drug-likeness (QED) is 0.580. The number of fused-ring (bicyclic) bond motifs is 1. The molecule has 1 atom stereocenters. The van der Waals surface area contributed by atoms with Crippen LogP contribution >= 0.6 is 0 Å². The molecule has 0 fully saturated rings. The van der Waals surface area contributed by atoms with E-state index in [1.165, 1.54) is 0 Å². The summed E-state index contributed by atoms with van der Waals surface area (Å²) in [6.07, 6.45) is 3.80. The molecule has 27 heavy (non-hydrogen) atoms. The number of carbonyl (C=O) groups excluding carboxylic acids is 3. The van der Waals surface area contributed by atoms with E-state index >= 15 is 0 Å². The number of nitrogens with zero attached hydrogens (tertiary/aromatic N) is 1. The van der Waals surface area contributed by atoms with Gasteiger partial charge >= 0.3 is 5.97 Å². The molecule has 1 heterocycles. The molecule has 0 N–H and O–H groups in total. The van der Waals surface area contributed by atoms with Gasteiger partial charge in [-0.2, -0.15) is 0 Å². The second kappa shape index (κ2) is 7.58. The maximum absolute atomic E-state index is 12.9. The van der Waals surface area contributed by atoms with Gasteiger partial charge in [-0.15, -0.1) is 0 Å². The van der Waals surface area contributed by atoms with Gasteiger partial charge in [0.15, 0.2) is 0 Å². The predicted molar refractivity (Wildman–Crippen MR) is 102 cm³/mol. The third kappa shape index (κ3) is 3.40. The summed E-state index contributed by atoms with van der Waals surface area (Å²) < 4.78 is 5.20. The lowest BCUT2D eigenvalue weighted by molar-refractivity contribution is -0.153. The van der Waals surface area contributed by atoms with E-state index < -0.39 is 23.3 Å². The van der Waals surface area contributed by atoms with E-state index in [4.69, 9.17) is 4.74 Å². The zero-order valence-corrected chi connectivity index (χ0v) is 15.3. The minimum absolute atomic E-state index is 0.159. The molecule has 5 heteroatoms. The average molecular weight is 363 g/mol. The standard InChI is InChI=1S/C22H21NO4/c1-3-27-21(26)22(2,15-9-12-16-10-5-4-6-11-16)23-19(24)17-13-7-8-14-18(17)20(23)25/h4-14H,3,15H2,1-2H3/b12-9+. The van der Waals surface area contributed by atoms with E-state index in [0.717, 1.165) is 10.5 Å². The second-order valence-electron chi connectivity index (χ2n) is 6.50. The third-order valence-corrected chi connectivity index (χ3v) is 4.63. The number of rotatable bonds is 6. The molecule has 0 radical (unpaired) electrons. The van der Waals surface area contributed by atoms with Crippen LogP contribution in [0.25, 0.3) is 6.08 Å². The van der Waals surface area contributed by atoms with Gasteiger partial charge in [-0.25, -0.2) is 4.79 Å². The molecule has 0 saturated carbocycles. The van der Waals surface area contributed by atoms with Crippen LogP contribution in [0.5, 0.6) is 0 Å². The molecule has 2 amide bonds. The van der Waals surface area contributed by atoms with Gasteiger partial charge in [0.25, 0.3) is 11.8 Å². The highest BCUT2D eigenvalue weighted by Gasteiger charge is 2.50. The minimum Gasteiger partial charge on any atom is -0.464 e. The molecule has 1 aliphatic rings. The zero-order chi connectivity index (χ0) is 19.4. The van der Waals surface area contributed by atoms with Gasteiger partial charge in [0.2, 0.25) is 0 Å². The molecule has 5 nitrogen and oxygen atoms in total. The predicted octanol–water partition coefficient (Wildman–Crippen LogP) is 3.71. The SMILES string of the molecule is CCOC(=O)C(C)(C/C=C/c1ccccc1)N1C(=O)c2ccccc2C1=O. The Bertz CT molecular complexity index is 869. The normalized spacial score (nSPS) is 15.7. The van der Waals surface area contributed by atoms with E-state index in [9.17, 15) is 14.4 Å². The number of ether oxygens (including phenoxy) is 1. The first kappa shape index (κ1) is 18.6. The maximum atomic E-state index is 12.9. The van der Waals surface area contributed by atoms with E-state index in [-0.39, 0.29) is 13.0 Å². The van der Waals surface area contributed by atoms with Gasteiger partial charge < -0.3 is 4.74 Å². The first-order chi connectivity index (χ1) is 13.0. The fraction of sp³-hybridized carbons (Fsp3) is 0.227. The van der Waals surface area contributed by atoms with Crippen LogP contribution in [0, 0.1) is 0 Å². The Morgan fingerprint density at radius 3 is 2.11 bits per heavy atom. The van der Waals surface area contributed by atoms with Crippen molar-refractivity contribution in [2.45, 2.75) is 25.8 Å². The molecule has 2 aromatic rings. The van der Waals surface area contributed by atoms with Gasteiger partial charge in [-0.05, 0) is 38.0 Å². The lowest BCUT2D eigenvalue weighted by Gasteiger charge is -2.34. The van der Waals surface area contributed by atoms with Crippen molar-refractivity contribution in [3.05, 3.63) is 77.4 Å². The molecule has 0 aromatic heterocycles. The summed E-state index contributed by atoms with van der Waals surface area (Å²) in [6.45, 7) is 3.43. The van der Waals surface area contributed by atoms with Crippen LogP contribution in [0.3, 0.4) is 0 Å². The van der Waals surface area contributed by atoms with Crippen molar-refractivity contribution in [1.29, 1.82) is 0 Å². The van der Waals surface area contributed by atoms with Gasteiger partial charge in [0.05, 0.1) is 17.7 Å². The van der Waals surface area contributed by atoms with Crippen LogP contribution < -0.4 is 0 Å². The average Bonchev–Trinajstić information content (AvgIpc) is 2.94. The highest BCUT2D eigenvalue weighted by molar-refractivity contribution is 6.23. The van der Waals surface area contributed by atoms with Crippen molar-refractivity contribution < 1.29 is 19.1 Å². The molecule has 0 bridgehead atoms. The van der Waals surface area contributed by atoms with Crippen LogP contribution in [-0.2, 0) is 9.53 Å². The summed E-state index contributed by atoms with van der Waals surface area (Å²) in [5.74, 6) is -1.55. The summed E-state index contributed by atoms with van der Waals surface area (Å²) in [5.41, 5.74) is 0.162. The second-order valence-corrected chi connectivity index (χ2v) is 6.50. The van der Waals surface area contributed by atoms with Crippen LogP contribution in [0.4, 0.5) is 0 Å². The van der Waals surface area contributed by atoms with Gasteiger partial charge in [0, 0.05) is 0 Å². The summed E-state index contributed by atoms with van der Waals surface area (Å²) in [6, 6.07) is 16.2. The number of hydrogen-bond acceptors (Lipinski definition) is 4. The molecule has 0 saturated heterocycles. The molecule has 2 aromatic carbocycles. The maximum Gasteiger partial charge on any atom is 0.332 e. The molecule has 138 valence electrons. The number of esters is 1. The minimum atomic E-state index is -1.42. The number of amides is 2. The fourth-order valence-corrected chi connectivity index (χ4v) is 3.18. The highest BCUT2D eigenvalue weighted by atomic mass is 16.5. The van der Waals surface area contributed by atoms with Crippen molar-refractivity contribution in [2.24, 2.45) is 0 Å². The number of imide groups is 1. The summed E-state index contributed by atoms with van der Waals surface area (Å²) in [5, 5.41) is 0. The molecule has 1 unspecified atom stereocenters. The van der Waals surface area contributed by atoms with Crippen molar-refractivity contribution in [3.8, 4) is 0 Å². The van der Waals surface area contributed by atoms with E-state index in [1.807, 2.05) is 36.4 Å². The Hall–Kier alpha value is -3.21. The first-order valence-corrected chi connectivity index (χ1v) is 8.85. The zero-order valence-electron chi connectivity index (χ0n) is 15.3. The Labute approximate surface area is 158 Å². The van der Waals surface area contributed by atoms with Gasteiger partial charge in [0.1, 0.15) is 5.54 Å². The van der Waals surface area contributed by atoms with Crippen LogP contribution in [0.15, 0.2) is 60.7 Å². The number of carbonyl (C=O) groups is 3. The van der Waals surface area contributed by atoms with Crippen LogP contribution in [-0.4, -0.2) is 34.8 Å². The van der Waals surface area contributed by atoms with Crippen LogP contribution in [0.2, 0.25) is 0 Å². The third-order valence-electron chi connectivity index (χ3n) is 4.63. The van der Waals surface area contributed by atoms with E-state index in [0.29, 0.717) is 11.1 Å². The fourth-order valence-electron chi connectivity index (χ4n) is 3.18. The van der Waals surface area contributed by atoms with Crippen molar-refractivity contribution in [2.75, 3.05) is 6.61 Å². The van der Waals surface area contributed by atoms with E-state index in [1.54, 1.807) is 44.2 Å². The molecule has 0 spiro atoms. The molecular formula is C22H21NO4. The molecular weight excluding hydrogens is 342 g/mol. The lowest BCUT2D eigenvalue weighted by Crippen LogP contribution is -2.55. The van der Waals surface area contributed by atoms with Crippen molar-refractivity contribution >= 4 is 23.9 Å². The Kier molecular flexibility index (Phi) is 5.21. The first-order valence-electron chi connectivity index (χ1n) is 8.85. The molecule has 0 aliphatic carbocycles. The largest absolute Gasteiger partial charge is 0.464 e. The number of benzene rings is 2. The van der Waals surface area contributed by atoms with Crippen LogP contribution in [0.1, 0.15) is 46.5 Å². The van der Waals surface area contributed by atoms with E-state index in [2.05, 4.69) is 0 Å². The summed E-state index contributed by atoms with van der Waals surface area (Å²) >= 11 is 0. The monoisotopic (exact) mass is 363 g/mol. The summed E-state index contributed by atoms with van der Waals surface area (Å²) in [4.78, 5) is 39.5. The highest BCUT2D eigenvalue weighted by Crippen LogP contribution is 2.33. The summed E-state index contributed by atoms with van der Waals surface area (Å²) in [7, 11) is 0. The molecule has 3 rings (SSSR count). The Morgan fingerprint density at radius 2 is 1.56 bits per heavy atom. The number of hydrogen-bond donors (Lipinski definition) is 0. The Balaban J connectivity index is 1.94. The molecule has 1 aliphatic heterocycles. The Morgan fingerprint density at radius 1 is 1.00 bits per heavy atom. The van der Waals surface area contributed by atoms with Gasteiger partial charge in [-0.1, -0.05) is 54.6 Å². The topological polar surface area (TPSA) is 63.7 Å². The smallest absolute Gasteiger partial charge is 0.332 e. The lowest BCUT2D eigenvalue weighted by atomic mass is 9.94. The van der Waals surface area contributed by atoms with Crippen molar-refractivity contribution in [1.82, 2.24) is 4.90 Å².